The summed E-state index contributed by atoms with van der Waals surface area (Å²) in [6, 6.07) is 15.2. The van der Waals surface area contributed by atoms with Crippen molar-refractivity contribution < 1.29 is 14.4 Å². The molecular formula is C22H22BrN3O3. The van der Waals surface area contributed by atoms with E-state index in [4.69, 9.17) is 4.52 Å². The third kappa shape index (κ3) is 3.67. The van der Waals surface area contributed by atoms with E-state index >= 15 is 0 Å². The van der Waals surface area contributed by atoms with Crippen molar-refractivity contribution in [2.45, 2.75) is 31.6 Å². The number of carbonyl (C=O) groups is 1. The summed E-state index contributed by atoms with van der Waals surface area (Å²) in [5.41, 5.74) is 1.16. The number of phenols is 1. The Kier molecular flexibility index (Phi) is 5.41. The van der Waals surface area contributed by atoms with E-state index in [0.717, 1.165) is 10.0 Å². The molecule has 0 bridgehead atoms. The number of piperidine rings is 1. The summed E-state index contributed by atoms with van der Waals surface area (Å²) < 4.78 is 6.37. The van der Waals surface area contributed by atoms with Crippen LogP contribution in [0.3, 0.4) is 0 Å². The van der Waals surface area contributed by atoms with E-state index in [1.807, 2.05) is 30.0 Å². The van der Waals surface area contributed by atoms with Crippen LogP contribution in [0.5, 0.6) is 5.75 Å². The van der Waals surface area contributed by atoms with Crippen molar-refractivity contribution in [2.24, 2.45) is 0 Å². The predicted molar refractivity (Wildman–Crippen MR) is 112 cm³/mol. The average molecular weight is 456 g/mol. The van der Waals surface area contributed by atoms with Crippen LogP contribution in [0.15, 0.2) is 57.5 Å². The summed E-state index contributed by atoms with van der Waals surface area (Å²) >= 11 is 3.41. The number of nitrogens with zero attached hydrogens (tertiary/aromatic N) is 3. The van der Waals surface area contributed by atoms with E-state index in [2.05, 4.69) is 38.2 Å². The van der Waals surface area contributed by atoms with Crippen LogP contribution in [-0.4, -0.2) is 39.1 Å². The number of rotatable bonds is 4. The molecule has 6 nitrogen and oxygen atoms in total. The van der Waals surface area contributed by atoms with Gasteiger partial charge in [-0.25, -0.2) is 0 Å². The average Bonchev–Trinajstić information content (AvgIpc) is 3.26. The van der Waals surface area contributed by atoms with Crippen LogP contribution in [0.2, 0.25) is 0 Å². The smallest absolute Gasteiger partial charge is 0.261 e. The lowest BCUT2D eigenvalue weighted by atomic mass is 9.72. The zero-order chi connectivity index (χ0) is 20.4. The summed E-state index contributed by atoms with van der Waals surface area (Å²) in [4.78, 5) is 18.7. The highest BCUT2D eigenvalue weighted by molar-refractivity contribution is 9.10. The highest BCUT2D eigenvalue weighted by atomic mass is 79.9. The first-order valence-corrected chi connectivity index (χ1v) is 10.5. The monoisotopic (exact) mass is 455 g/mol. The second-order valence-electron chi connectivity index (χ2n) is 7.27. The van der Waals surface area contributed by atoms with Gasteiger partial charge in [0.15, 0.2) is 5.82 Å². The van der Waals surface area contributed by atoms with Crippen molar-refractivity contribution in [3.8, 4) is 17.2 Å². The second-order valence-corrected chi connectivity index (χ2v) is 8.18. The largest absolute Gasteiger partial charge is 0.507 e. The number of likely N-dealkylation sites (tertiary alicyclic amines) is 1. The molecule has 0 spiro atoms. The Bertz CT molecular complexity index is 1010. The van der Waals surface area contributed by atoms with E-state index in [1.165, 1.54) is 0 Å². The molecule has 2 aromatic carbocycles. The van der Waals surface area contributed by atoms with Gasteiger partial charge in [0.05, 0.1) is 11.0 Å². The fraction of sp³-hybridized carbons (Fsp3) is 0.318. The van der Waals surface area contributed by atoms with E-state index < -0.39 is 5.41 Å². The van der Waals surface area contributed by atoms with Crippen LogP contribution in [-0.2, 0) is 10.2 Å². The van der Waals surface area contributed by atoms with Crippen molar-refractivity contribution in [1.29, 1.82) is 0 Å². The Morgan fingerprint density at radius 1 is 1.21 bits per heavy atom. The number of aromatic nitrogens is 2. The number of carbonyl (C=O) groups excluding carboxylic acids is 1. The zero-order valence-corrected chi connectivity index (χ0v) is 17.7. The molecule has 3 aromatic rings. The normalized spacial score (nSPS) is 16.0. The van der Waals surface area contributed by atoms with Gasteiger partial charge in [0.1, 0.15) is 5.75 Å². The SMILES string of the molecule is CCC(=O)N1CCC(c2ccccc2)(c2noc(-c3cc(Br)ccc3O)n2)CC1. The van der Waals surface area contributed by atoms with Gasteiger partial charge in [0, 0.05) is 24.0 Å². The number of hydrogen-bond acceptors (Lipinski definition) is 5. The highest BCUT2D eigenvalue weighted by Crippen LogP contribution is 2.41. The summed E-state index contributed by atoms with van der Waals surface area (Å²) in [7, 11) is 0. The molecule has 29 heavy (non-hydrogen) atoms. The van der Waals surface area contributed by atoms with Gasteiger partial charge < -0.3 is 14.5 Å². The Hall–Kier alpha value is -2.67. The van der Waals surface area contributed by atoms with E-state index in [0.29, 0.717) is 43.7 Å². The van der Waals surface area contributed by atoms with Gasteiger partial charge in [-0.1, -0.05) is 58.3 Å². The fourth-order valence-corrected chi connectivity index (χ4v) is 4.33. The maximum Gasteiger partial charge on any atom is 0.261 e. The first-order valence-electron chi connectivity index (χ1n) is 9.70. The van der Waals surface area contributed by atoms with Crippen molar-refractivity contribution >= 4 is 21.8 Å². The molecular weight excluding hydrogens is 434 g/mol. The Morgan fingerprint density at radius 3 is 2.62 bits per heavy atom. The topological polar surface area (TPSA) is 79.5 Å². The standard InChI is InChI=1S/C22H22BrN3O3/c1-2-19(28)26-12-10-22(11-13-26,15-6-4-3-5-7-15)21-24-20(29-25-21)17-14-16(23)8-9-18(17)27/h3-9,14,27H,2,10-13H2,1H3. The molecule has 150 valence electrons. The third-order valence-corrected chi connectivity index (χ3v) is 6.13. The molecule has 1 saturated heterocycles. The van der Waals surface area contributed by atoms with E-state index in [1.54, 1.807) is 18.2 Å². The summed E-state index contributed by atoms with van der Waals surface area (Å²) in [5.74, 6) is 1.11. The van der Waals surface area contributed by atoms with E-state index in [9.17, 15) is 9.90 Å². The maximum atomic E-state index is 12.2. The first-order chi connectivity index (χ1) is 14.0. The molecule has 0 unspecified atom stereocenters. The molecule has 1 aliphatic rings. The number of hydrogen-bond donors (Lipinski definition) is 1. The lowest BCUT2D eigenvalue weighted by Crippen LogP contribution is -2.46. The Balaban J connectivity index is 1.73. The van der Waals surface area contributed by atoms with Gasteiger partial charge >= 0.3 is 0 Å². The highest BCUT2D eigenvalue weighted by Gasteiger charge is 2.42. The molecule has 0 atom stereocenters. The lowest BCUT2D eigenvalue weighted by Gasteiger charge is -2.40. The van der Waals surface area contributed by atoms with Crippen molar-refractivity contribution in [2.75, 3.05) is 13.1 Å². The quantitative estimate of drug-likeness (QED) is 0.625. The lowest BCUT2D eigenvalue weighted by molar-refractivity contribution is -0.132. The predicted octanol–water partition coefficient (Wildman–Crippen LogP) is 4.52. The van der Waals surface area contributed by atoms with Crippen LogP contribution in [0.1, 0.15) is 37.6 Å². The third-order valence-electron chi connectivity index (χ3n) is 5.64. The molecule has 0 saturated carbocycles. The number of halogens is 1. The minimum atomic E-state index is -0.435. The number of aromatic hydroxyl groups is 1. The number of phenolic OH excluding ortho intramolecular Hbond substituents is 1. The molecule has 1 aromatic heterocycles. The zero-order valence-electron chi connectivity index (χ0n) is 16.1. The second kappa shape index (κ2) is 7.99. The number of amides is 1. The van der Waals surface area contributed by atoms with Crippen molar-refractivity contribution in [3.05, 3.63) is 64.4 Å². The first kappa shape index (κ1) is 19.6. The molecule has 7 heteroatoms. The molecule has 4 rings (SSSR count). The number of benzene rings is 2. The summed E-state index contributed by atoms with van der Waals surface area (Å²) in [6.45, 7) is 3.18. The molecule has 0 aliphatic carbocycles. The fourth-order valence-electron chi connectivity index (χ4n) is 3.97. The molecule has 1 N–H and O–H groups in total. The van der Waals surface area contributed by atoms with Crippen molar-refractivity contribution in [3.63, 3.8) is 0 Å². The van der Waals surface area contributed by atoms with Gasteiger partial charge in [0.2, 0.25) is 5.91 Å². The molecule has 1 amide bonds. The van der Waals surface area contributed by atoms with Gasteiger partial charge in [-0.05, 0) is 36.6 Å². The van der Waals surface area contributed by atoms with E-state index in [-0.39, 0.29) is 17.5 Å². The molecule has 1 aliphatic heterocycles. The van der Waals surface area contributed by atoms with Gasteiger partial charge in [-0.3, -0.25) is 4.79 Å². The summed E-state index contributed by atoms with van der Waals surface area (Å²) in [5, 5.41) is 14.5. The Morgan fingerprint density at radius 2 is 1.93 bits per heavy atom. The molecule has 1 fully saturated rings. The minimum Gasteiger partial charge on any atom is -0.507 e. The minimum absolute atomic E-state index is 0.0838. The molecule has 2 heterocycles. The van der Waals surface area contributed by atoms with Crippen LogP contribution < -0.4 is 0 Å². The van der Waals surface area contributed by atoms with Gasteiger partial charge in [0.25, 0.3) is 5.89 Å². The van der Waals surface area contributed by atoms with Crippen LogP contribution in [0.4, 0.5) is 0 Å². The van der Waals surface area contributed by atoms with Gasteiger partial charge in [-0.15, -0.1) is 0 Å². The van der Waals surface area contributed by atoms with Crippen LogP contribution >= 0.6 is 15.9 Å². The summed E-state index contributed by atoms with van der Waals surface area (Å²) in [6.07, 6.45) is 1.94. The molecule has 0 radical (unpaired) electrons. The maximum absolute atomic E-state index is 12.2. The van der Waals surface area contributed by atoms with Crippen LogP contribution in [0.25, 0.3) is 11.5 Å². The van der Waals surface area contributed by atoms with Gasteiger partial charge in [-0.2, -0.15) is 4.98 Å². The Labute approximate surface area is 177 Å². The van der Waals surface area contributed by atoms with Crippen molar-refractivity contribution in [1.82, 2.24) is 15.0 Å². The van der Waals surface area contributed by atoms with Crippen LogP contribution in [0, 0.1) is 0 Å².